The van der Waals surface area contributed by atoms with E-state index in [-0.39, 0.29) is 5.91 Å². The van der Waals surface area contributed by atoms with E-state index in [0.717, 1.165) is 25.6 Å². The zero-order valence-corrected chi connectivity index (χ0v) is 20.7. The zero-order valence-electron chi connectivity index (χ0n) is 15.6. The van der Waals surface area contributed by atoms with Crippen LogP contribution in [0.2, 0.25) is 0 Å². The number of rotatable bonds is 6. The predicted molar refractivity (Wildman–Crippen MR) is 134 cm³/mol. The minimum absolute atomic E-state index is 0.0220. The van der Waals surface area contributed by atoms with Gasteiger partial charge < -0.3 is 4.74 Å². The molecule has 0 atom stereocenters. The molecule has 28 heavy (non-hydrogen) atoms. The number of halogens is 2. The SMILES string of the molecule is CCN=C1S/C(=C/c2ccc(OCc3ccc(I)cc3)c(I)c2)C(=O)N1CC. The fraction of sp³-hybridized carbons (Fsp3) is 0.238. The van der Waals surface area contributed by atoms with Crippen LogP contribution in [0.25, 0.3) is 6.08 Å². The van der Waals surface area contributed by atoms with Gasteiger partial charge in [0.15, 0.2) is 5.17 Å². The van der Waals surface area contributed by atoms with Crippen LogP contribution in [0.1, 0.15) is 25.0 Å². The third kappa shape index (κ3) is 5.29. The summed E-state index contributed by atoms with van der Waals surface area (Å²) in [5, 5.41) is 0.786. The molecule has 1 amide bonds. The molecule has 0 saturated carbocycles. The highest BCUT2D eigenvalue weighted by atomic mass is 127. The van der Waals surface area contributed by atoms with Crippen LogP contribution < -0.4 is 4.74 Å². The molecule has 2 aromatic carbocycles. The number of aliphatic imine (C=N–C) groups is 1. The van der Waals surface area contributed by atoms with Gasteiger partial charge >= 0.3 is 0 Å². The molecule has 2 aromatic rings. The van der Waals surface area contributed by atoms with Crippen LogP contribution in [0.15, 0.2) is 52.4 Å². The number of nitrogens with zero attached hydrogens (tertiary/aromatic N) is 2. The van der Waals surface area contributed by atoms with Crippen LogP contribution >= 0.6 is 56.9 Å². The maximum atomic E-state index is 12.6. The number of thioether (sulfide) groups is 1. The van der Waals surface area contributed by atoms with Crippen molar-refractivity contribution in [2.75, 3.05) is 13.1 Å². The highest BCUT2D eigenvalue weighted by Gasteiger charge is 2.31. The smallest absolute Gasteiger partial charge is 0.266 e. The third-order valence-corrected chi connectivity index (χ3v) is 6.67. The lowest BCUT2D eigenvalue weighted by molar-refractivity contribution is -0.122. The van der Waals surface area contributed by atoms with Crippen molar-refractivity contribution < 1.29 is 9.53 Å². The largest absolute Gasteiger partial charge is 0.488 e. The van der Waals surface area contributed by atoms with E-state index < -0.39 is 0 Å². The first-order valence-corrected chi connectivity index (χ1v) is 11.9. The number of hydrogen-bond acceptors (Lipinski definition) is 4. The Bertz CT molecular complexity index is 927. The lowest BCUT2D eigenvalue weighted by Gasteiger charge is -2.11. The summed E-state index contributed by atoms with van der Waals surface area (Å²) in [5.41, 5.74) is 2.12. The summed E-state index contributed by atoms with van der Waals surface area (Å²) in [6.07, 6.45) is 1.93. The van der Waals surface area contributed by atoms with Crippen molar-refractivity contribution >= 4 is 74.1 Å². The number of carbonyl (C=O) groups excluding carboxylic acids is 1. The summed E-state index contributed by atoms with van der Waals surface area (Å²) in [6, 6.07) is 14.3. The van der Waals surface area contributed by atoms with Gasteiger partial charge in [0.2, 0.25) is 0 Å². The summed E-state index contributed by atoms with van der Waals surface area (Å²) in [7, 11) is 0. The molecule has 1 heterocycles. The van der Waals surface area contributed by atoms with Gasteiger partial charge in [-0.25, -0.2) is 0 Å². The van der Waals surface area contributed by atoms with E-state index in [0.29, 0.717) is 24.6 Å². The van der Waals surface area contributed by atoms with Gasteiger partial charge in [-0.15, -0.1) is 0 Å². The van der Waals surface area contributed by atoms with Crippen molar-refractivity contribution in [3.05, 3.63) is 65.6 Å². The molecule has 7 heteroatoms. The maximum absolute atomic E-state index is 12.6. The second kappa shape index (κ2) is 10.1. The van der Waals surface area contributed by atoms with Gasteiger partial charge in [0.25, 0.3) is 5.91 Å². The molecular formula is C21H20I2N2O2S. The van der Waals surface area contributed by atoms with Crippen molar-refractivity contribution in [1.29, 1.82) is 0 Å². The normalized spacial score (nSPS) is 17.0. The van der Waals surface area contributed by atoms with Crippen LogP contribution in [-0.2, 0) is 11.4 Å². The Morgan fingerprint density at radius 2 is 1.89 bits per heavy atom. The maximum Gasteiger partial charge on any atom is 0.266 e. The number of hydrogen-bond donors (Lipinski definition) is 0. The first-order chi connectivity index (χ1) is 13.5. The molecule has 1 fully saturated rings. The Morgan fingerprint density at radius 1 is 1.14 bits per heavy atom. The first-order valence-electron chi connectivity index (χ1n) is 8.94. The summed E-state index contributed by atoms with van der Waals surface area (Å²) in [4.78, 5) is 19.5. The van der Waals surface area contributed by atoms with Crippen molar-refractivity contribution in [3.8, 4) is 5.75 Å². The molecule has 0 spiro atoms. The van der Waals surface area contributed by atoms with Gasteiger partial charge in [-0.05, 0) is 112 Å². The molecule has 0 bridgehead atoms. The highest BCUT2D eigenvalue weighted by Crippen LogP contribution is 2.33. The molecule has 1 saturated heterocycles. The monoisotopic (exact) mass is 618 g/mol. The number of carbonyl (C=O) groups is 1. The quantitative estimate of drug-likeness (QED) is 0.305. The van der Waals surface area contributed by atoms with E-state index in [1.165, 1.54) is 15.3 Å². The Kier molecular flexibility index (Phi) is 7.81. The molecule has 146 valence electrons. The Balaban J connectivity index is 1.73. The first kappa shape index (κ1) is 21.6. The van der Waals surface area contributed by atoms with Gasteiger partial charge in [0.1, 0.15) is 12.4 Å². The third-order valence-electron chi connectivity index (χ3n) is 4.06. The van der Waals surface area contributed by atoms with E-state index >= 15 is 0 Å². The number of amidine groups is 1. The average molecular weight is 618 g/mol. The lowest BCUT2D eigenvalue weighted by Crippen LogP contribution is -2.28. The summed E-state index contributed by atoms with van der Waals surface area (Å²) < 4.78 is 8.19. The molecule has 1 aliphatic heterocycles. The second-order valence-electron chi connectivity index (χ2n) is 6.02. The summed E-state index contributed by atoms with van der Waals surface area (Å²) >= 11 is 6.01. The van der Waals surface area contributed by atoms with Crippen molar-refractivity contribution in [3.63, 3.8) is 0 Å². The fourth-order valence-corrected chi connectivity index (χ4v) is 4.82. The van der Waals surface area contributed by atoms with E-state index in [4.69, 9.17) is 4.74 Å². The average Bonchev–Trinajstić information content (AvgIpc) is 2.97. The fourth-order valence-electron chi connectivity index (χ4n) is 2.66. The van der Waals surface area contributed by atoms with E-state index in [9.17, 15) is 4.79 Å². The van der Waals surface area contributed by atoms with Gasteiger partial charge in [0.05, 0.1) is 8.48 Å². The molecule has 0 radical (unpaired) electrons. The Morgan fingerprint density at radius 3 is 2.54 bits per heavy atom. The molecule has 0 unspecified atom stereocenters. The van der Waals surface area contributed by atoms with Crippen molar-refractivity contribution in [2.24, 2.45) is 4.99 Å². The van der Waals surface area contributed by atoms with E-state index in [1.54, 1.807) is 4.90 Å². The zero-order chi connectivity index (χ0) is 20.1. The van der Waals surface area contributed by atoms with Crippen molar-refractivity contribution in [2.45, 2.75) is 20.5 Å². The van der Waals surface area contributed by atoms with Gasteiger partial charge in [0, 0.05) is 16.7 Å². The van der Waals surface area contributed by atoms with Crippen LogP contribution in [-0.4, -0.2) is 29.1 Å². The highest BCUT2D eigenvalue weighted by molar-refractivity contribution is 14.1. The Hall–Kier alpha value is -1.07. The topological polar surface area (TPSA) is 41.9 Å². The van der Waals surface area contributed by atoms with E-state index in [2.05, 4.69) is 74.4 Å². The molecule has 0 aliphatic carbocycles. The second-order valence-corrected chi connectivity index (χ2v) is 9.44. The Labute approximate surface area is 197 Å². The number of amides is 1. The molecule has 1 aliphatic rings. The van der Waals surface area contributed by atoms with Gasteiger partial charge in [-0.2, -0.15) is 0 Å². The molecule has 3 rings (SSSR count). The number of ether oxygens (including phenoxy) is 1. The summed E-state index contributed by atoms with van der Waals surface area (Å²) in [5.74, 6) is 0.865. The standard InChI is InChI=1S/C21H20I2N2O2S/c1-3-24-21-25(4-2)20(26)19(28-21)12-15-7-10-18(17(23)11-15)27-13-14-5-8-16(22)9-6-14/h5-12H,3-4,13H2,1-2H3/b19-12+,24-21?. The predicted octanol–water partition coefficient (Wildman–Crippen LogP) is 5.79. The van der Waals surface area contributed by atoms with Gasteiger partial charge in [-0.1, -0.05) is 18.2 Å². The van der Waals surface area contributed by atoms with Crippen LogP contribution in [0.3, 0.4) is 0 Å². The lowest BCUT2D eigenvalue weighted by atomic mass is 10.2. The van der Waals surface area contributed by atoms with E-state index in [1.807, 2.05) is 38.1 Å². The van der Waals surface area contributed by atoms with Crippen LogP contribution in [0, 0.1) is 7.14 Å². The minimum atomic E-state index is 0.0220. The minimum Gasteiger partial charge on any atom is -0.488 e. The molecular weight excluding hydrogens is 598 g/mol. The molecule has 0 aromatic heterocycles. The molecule has 4 nitrogen and oxygen atoms in total. The number of likely N-dealkylation sites (N-methyl/N-ethyl adjacent to an activating group) is 1. The van der Waals surface area contributed by atoms with Crippen LogP contribution in [0.4, 0.5) is 0 Å². The van der Waals surface area contributed by atoms with Crippen molar-refractivity contribution in [1.82, 2.24) is 4.90 Å². The van der Waals surface area contributed by atoms with Gasteiger partial charge in [-0.3, -0.25) is 14.7 Å². The molecule has 0 N–H and O–H groups in total. The van der Waals surface area contributed by atoms with Crippen LogP contribution in [0.5, 0.6) is 5.75 Å². The summed E-state index contributed by atoms with van der Waals surface area (Å²) in [6.45, 7) is 5.78. The number of benzene rings is 2.